The number of nitrogens with zero attached hydrogens (tertiary/aromatic N) is 1. The van der Waals surface area contributed by atoms with Crippen molar-refractivity contribution in [2.75, 3.05) is 11.2 Å². The SMILES string of the molecule is CC(CCl)C(=O)Nc1ccccc1C#N. The van der Waals surface area contributed by atoms with Gasteiger partial charge in [-0.05, 0) is 12.1 Å². The van der Waals surface area contributed by atoms with E-state index in [0.29, 0.717) is 11.3 Å². The molecule has 0 aliphatic carbocycles. The maximum atomic E-state index is 11.5. The Hall–Kier alpha value is -1.53. The number of para-hydroxylation sites is 1. The smallest absolute Gasteiger partial charge is 0.228 e. The summed E-state index contributed by atoms with van der Waals surface area (Å²) in [4.78, 5) is 11.5. The van der Waals surface area contributed by atoms with E-state index in [-0.39, 0.29) is 17.7 Å². The number of carbonyl (C=O) groups is 1. The van der Waals surface area contributed by atoms with Gasteiger partial charge in [0.1, 0.15) is 6.07 Å². The number of nitrogens with one attached hydrogen (secondary N) is 1. The van der Waals surface area contributed by atoms with Crippen molar-refractivity contribution >= 4 is 23.2 Å². The predicted molar refractivity (Wildman–Crippen MR) is 59.7 cm³/mol. The van der Waals surface area contributed by atoms with Crippen molar-refractivity contribution in [1.29, 1.82) is 5.26 Å². The van der Waals surface area contributed by atoms with Crippen molar-refractivity contribution in [2.45, 2.75) is 6.92 Å². The van der Waals surface area contributed by atoms with Crippen LogP contribution in [0.1, 0.15) is 12.5 Å². The highest BCUT2D eigenvalue weighted by Crippen LogP contribution is 2.14. The molecule has 1 unspecified atom stereocenters. The van der Waals surface area contributed by atoms with Gasteiger partial charge in [0.25, 0.3) is 0 Å². The molecule has 1 atom stereocenters. The minimum Gasteiger partial charge on any atom is -0.325 e. The van der Waals surface area contributed by atoms with Crippen molar-refractivity contribution in [3.05, 3.63) is 29.8 Å². The van der Waals surface area contributed by atoms with Gasteiger partial charge in [0.05, 0.1) is 11.3 Å². The summed E-state index contributed by atoms with van der Waals surface area (Å²) in [5.74, 6) is -0.174. The predicted octanol–water partition coefficient (Wildman–Crippen LogP) is 2.37. The summed E-state index contributed by atoms with van der Waals surface area (Å²) < 4.78 is 0. The van der Waals surface area contributed by atoms with E-state index in [1.54, 1.807) is 31.2 Å². The van der Waals surface area contributed by atoms with Crippen molar-refractivity contribution in [3.8, 4) is 6.07 Å². The molecule has 15 heavy (non-hydrogen) atoms. The zero-order chi connectivity index (χ0) is 11.3. The third kappa shape index (κ3) is 2.97. The molecular formula is C11H11ClN2O. The number of benzene rings is 1. The lowest BCUT2D eigenvalue weighted by molar-refractivity contribution is -0.118. The van der Waals surface area contributed by atoms with Crippen molar-refractivity contribution in [3.63, 3.8) is 0 Å². The molecule has 4 heteroatoms. The molecule has 0 aliphatic heterocycles. The molecule has 0 radical (unpaired) electrons. The van der Waals surface area contributed by atoms with Crippen LogP contribution in [0.2, 0.25) is 0 Å². The van der Waals surface area contributed by atoms with Gasteiger partial charge in [-0.3, -0.25) is 4.79 Å². The number of rotatable bonds is 3. The Morgan fingerprint density at radius 3 is 2.87 bits per heavy atom. The lowest BCUT2D eigenvalue weighted by atomic mass is 10.1. The van der Waals surface area contributed by atoms with Crippen molar-refractivity contribution < 1.29 is 4.79 Å². The lowest BCUT2D eigenvalue weighted by Crippen LogP contribution is -2.21. The summed E-state index contributed by atoms with van der Waals surface area (Å²) in [6.45, 7) is 1.73. The summed E-state index contributed by atoms with van der Waals surface area (Å²) >= 11 is 5.56. The molecule has 0 spiro atoms. The standard InChI is InChI=1S/C11H11ClN2O/c1-8(6-12)11(15)14-10-5-3-2-4-9(10)7-13/h2-5,8H,6H2,1H3,(H,14,15). The first kappa shape index (κ1) is 11.5. The van der Waals surface area contributed by atoms with Crippen LogP contribution in [-0.4, -0.2) is 11.8 Å². The maximum Gasteiger partial charge on any atom is 0.228 e. The quantitative estimate of drug-likeness (QED) is 0.799. The average Bonchev–Trinajstić information content (AvgIpc) is 2.28. The fraction of sp³-hybridized carbons (Fsp3) is 0.273. The van der Waals surface area contributed by atoms with Gasteiger partial charge in [-0.15, -0.1) is 11.6 Å². The molecule has 0 fully saturated rings. The molecule has 1 amide bonds. The largest absolute Gasteiger partial charge is 0.325 e. The first-order chi connectivity index (χ1) is 7.19. The molecule has 1 rings (SSSR count). The third-order valence-corrected chi connectivity index (χ3v) is 2.45. The van der Waals surface area contributed by atoms with Crippen molar-refractivity contribution in [1.82, 2.24) is 0 Å². The van der Waals surface area contributed by atoms with Crippen LogP contribution in [0.3, 0.4) is 0 Å². The van der Waals surface area contributed by atoms with Crippen LogP contribution in [0.4, 0.5) is 5.69 Å². The molecule has 0 aliphatic rings. The van der Waals surface area contributed by atoms with E-state index in [9.17, 15) is 4.79 Å². The molecule has 1 N–H and O–H groups in total. The van der Waals surface area contributed by atoms with E-state index in [1.807, 2.05) is 6.07 Å². The number of halogens is 1. The number of amides is 1. The molecular weight excluding hydrogens is 212 g/mol. The normalized spacial score (nSPS) is 11.5. The lowest BCUT2D eigenvalue weighted by Gasteiger charge is -2.09. The molecule has 0 heterocycles. The Morgan fingerprint density at radius 1 is 1.60 bits per heavy atom. The van der Waals surface area contributed by atoms with Crippen LogP contribution >= 0.6 is 11.6 Å². The second-order valence-corrected chi connectivity index (χ2v) is 3.51. The zero-order valence-corrected chi connectivity index (χ0v) is 9.08. The van der Waals surface area contributed by atoms with Gasteiger partial charge in [0.2, 0.25) is 5.91 Å². The molecule has 0 saturated heterocycles. The minimum atomic E-state index is -0.265. The van der Waals surface area contributed by atoms with E-state index in [0.717, 1.165) is 0 Å². The fourth-order valence-corrected chi connectivity index (χ4v) is 1.16. The van der Waals surface area contributed by atoms with Gasteiger partial charge in [0.15, 0.2) is 0 Å². The topological polar surface area (TPSA) is 52.9 Å². The first-order valence-corrected chi connectivity index (χ1v) is 5.08. The second kappa shape index (κ2) is 5.38. The third-order valence-electron chi connectivity index (χ3n) is 1.98. The van der Waals surface area contributed by atoms with Crippen LogP contribution in [0.25, 0.3) is 0 Å². The molecule has 3 nitrogen and oxygen atoms in total. The highest BCUT2D eigenvalue weighted by atomic mass is 35.5. The van der Waals surface area contributed by atoms with E-state index in [2.05, 4.69) is 5.32 Å². The summed E-state index contributed by atoms with van der Waals surface area (Å²) in [6.07, 6.45) is 0. The Kier molecular flexibility index (Phi) is 4.14. The number of alkyl halides is 1. The Labute approximate surface area is 93.7 Å². The molecule has 0 aromatic heterocycles. The van der Waals surface area contributed by atoms with Gasteiger partial charge in [-0.1, -0.05) is 19.1 Å². The van der Waals surface area contributed by atoms with Gasteiger partial charge < -0.3 is 5.32 Å². The van der Waals surface area contributed by atoms with Crippen molar-refractivity contribution in [2.24, 2.45) is 5.92 Å². The van der Waals surface area contributed by atoms with Gasteiger partial charge in [-0.2, -0.15) is 5.26 Å². The number of anilines is 1. The number of carbonyl (C=O) groups excluding carboxylic acids is 1. The fourth-order valence-electron chi connectivity index (χ4n) is 1.02. The van der Waals surface area contributed by atoms with Gasteiger partial charge >= 0.3 is 0 Å². The molecule has 0 saturated carbocycles. The van der Waals surface area contributed by atoms with E-state index in [1.165, 1.54) is 0 Å². The molecule has 78 valence electrons. The first-order valence-electron chi connectivity index (χ1n) is 4.55. The van der Waals surface area contributed by atoms with E-state index < -0.39 is 0 Å². The number of hydrogen-bond donors (Lipinski definition) is 1. The highest BCUT2D eigenvalue weighted by molar-refractivity contribution is 6.19. The van der Waals surface area contributed by atoms with Crippen LogP contribution in [0, 0.1) is 17.2 Å². The molecule has 1 aromatic carbocycles. The Morgan fingerprint density at radius 2 is 2.27 bits per heavy atom. The van der Waals surface area contributed by atoms with Crippen LogP contribution in [0.15, 0.2) is 24.3 Å². The minimum absolute atomic E-state index is 0.173. The summed E-state index contributed by atoms with van der Waals surface area (Å²) in [6, 6.07) is 8.87. The monoisotopic (exact) mass is 222 g/mol. The summed E-state index contributed by atoms with van der Waals surface area (Å²) in [5, 5.41) is 11.5. The highest BCUT2D eigenvalue weighted by Gasteiger charge is 2.12. The maximum absolute atomic E-state index is 11.5. The second-order valence-electron chi connectivity index (χ2n) is 3.20. The molecule has 1 aromatic rings. The Balaban J connectivity index is 2.81. The van der Waals surface area contributed by atoms with Gasteiger partial charge in [-0.25, -0.2) is 0 Å². The number of nitriles is 1. The van der Waals surface area contributed by atoms with Crippen LogP contribution in [0.5, 0.6) is 0 Å². The summed E-state index contributed by atoms with van der Waals surface area (Å²) in [7, 11) is 0. The molecule has 0 bridgehead atoms. The zero-order valence-electron chi connectivity index (χ0n) is 8.33. The van der Waals surface area contributed by atoms with Crippen LogP contribution in [-0.2, 0) is 4.79 Å². The van der Waals surface area contributed by atoms with E-state index in [4.69, 9.17) is 16.9 Å². The van der Waals surface area contributed by atoms with E-state index >= 15 is 0 Å². The average molecular weight is 223 g/mol. The van der Waals surface area contributed by atoms with Crippen LogP contribution < -0.4 is 5.32 Å². The van der Waals surface area contributed by atoms with Gasteiger partial charge in [0, 0.05) is 11.8 Å². The Bertz CT molecular complexity index is 398. The number of hydrogen-bond acceptors (Lipinski definition) is 2. The summed E-state index contributed by atoms with van der Waals surface area (Å²) in [5.41, 5.74) is 0.981.